The molecule has 0 bridgehead atoms. The number of hydrogen-bond acceptors (Lipinski definition) is 4. The molecular formula is C23H24ClNO4. The highest BCUT2D eigenvalue weighted by Gasteiger charge is 2.45. The quantitative estimate of drug-likeness (QED) is 0.422. The Morgan fingerprint density at radius 1 is 1.14 bits per heavy atom. The van der Waals surface area contributed by atoms with Crippen molar-refractivity contribution in [1.82, 2.24) is 4.90 Å². The summed E-state index contributed by atoms with van der Waals surface area (Å²) in [5.74, 6) is -1.14. The van der Waals surface area contributed by atoms with Crippen LogP contribution in [-0.2, 0) is 16.0 Å². The van der Waals surface area contributed by atoms with Gasteiger partial charge in [-0.15, -0.1) is 0 Å². The Labute approximate surface area is 175 Å². The molecule has 0 spiro atoms. The third-order valence-electron chi connectivity index (χ3n) is 5.13. The highest BCUT2D eigenvalue weighted by atomic mass is 35.5. The second-order valence-corrected chi connectivity index (χ2v) is 7.34. The molecule has 1 N–H and O–H groups in total. The molecule has 0 aromatic heterocycles. The lowest BCUT2D eigenvalue weighted by Crippen LogP contribution is -2.30. The maximum absolute atomic E-state index is 12.9. The number of aryl methyl sites for hydroxylation is 1. The van der Waals surface area contributed by atoms with Crippen molar-refractivity contribution in [3.05, 3.63) is 69.8 Å². The highest BCUT2D eigenvalue weighted by molar-refractivity contribution is 6.46. The van der Waals surface area contributed by atoms with E-state index in [0.29, 0.717) is 29.3 Å². The highest BCUT2D eigenvalue weighted by Crippen LogP contribution is 2.40. The molecule has 1 amide bonds. The average Bonchev–Trinajstić information content (AvgIpc) is 2.99. The second-order valence-electron chi connectivity index (χ2n) is 6.94. The molecule has 1 aliphatic rings. The van der Waals surface area contributed by atoms with Crippen molar-refractivity contribution >= 4 is 29.1 Å². The van der Waals surface area contributed by atoms with Crippen LogP contribution in [-0.4, -0.2) is 35.4 Å². The van der Waals surface area contributed by atoms with E-state index in [9.17, 15) is 14.7 Å². The predicted octanol–water partition coefficient (Wildman–Crippen LogP) is 4.74. The summed E-state index contributed by atoms with van der Waals surface area (Å²) in [6.07, 6.45) is 1.59. The zero-order chi connectivity index (χ0) is 21.1. The number of halogens is 1. The molecule has 152 valence electrons. The number of hydrogen-bond donors (Lipinski definition) is 1. The molecule has 1 fully saturated rings. The van der Waals surface area contributed by atoms with Crippen LogP contribution in [0.3, 0.4) is 0 Å². The van der Waals surface area contributed by atoms with Gasteiger partial charge in [-0.25, -0.2) is 0 Å². The van der Waals surface area contributed by atoms with Crippen LogP contribution in [0, 0.1) is 0 Å². The lowest BCUT2D eigenvalue weighted by atomic mass is 9.94. The van der Waals surface area contributed by atoms with Crippen LogP contribution in [0.5, 0.6) is 5.75 Å². The predicted molar refractivity (Wildman–Crippen MR) is 113 cm³/mol. The number of nitrogens with zero attached hydrogens (tertiary/aromatic N) is 1. The third kappa shape index (κ3) is 3.87. The number of aliphatic hydroxyl groups is 1. The van der Waals surface area contributed by atoms with Gasteiger partial charge in [-0.05, 0) is 42.2 Å². The lowest BCUT2D eigenvalue weighted by Gasteiger charge is -2.25. The Balaban J connectivity index is 2.17. The van der Waals surface area contributed by atoms with Gasteiger partial charge < -0.3 is 14.7 Å². The van der Waals surface area contributed by atoms with E-state index in [2.05, 4.69) is 6.92 Å². The number of likely N-dealkylation sites (tertiary alicyclic amines) is 1. The topological polar surface area (TPSA) is 66.8 Å². The fourth-order valence-corrected chi connectivity index (χ4v) is 3.79. The van der Waals surface area contributed by atoms with E-state index >= 15 is 0 Å². The Bertz CT molecular complexity index is 965. The van der Waals surface area contributed by atoms with Gasteiger partial charge in [0.25, 0.3) is 11.7 Å². The van der Waals surface area contributed by atoms with Gasteiger partial charge in [0.15, 0.2) is 0 Å². The van der Waals surface area contributed by atoms with Crippen molar-refractivity contribution in [2.75, 3.05) is 13.7 Å². The SMILES string of the molecule is CCCN1C(=O)C(=O)/C(=C(\O)c2ccc(Cl)c(OC)c2)C1c1ccc(CC)cc1. The standard InChI is InChI=1S/C23H24ClNO4/c1-4-12-25-20(15-8-6-14(5-2)7-9-15)19(22(27)23(25)28)21(26)16-10-11-17(24)18(13-16)29-3/h6-11,13,20,26H,4-5,12H2,1-3H3/b21-19-. The van der Waals surface area contributed by atoms with Gasteiger partial charge in [0.2, 0.25) is 0 Å². The fourth-order valence-electron chi connectivity index (χ4n) is 3.60. The molecular weight excluding hydrogens is 390 g/mol. The molecule has 1 heterocycles. The van der Waals surface area contributed by atoms with Crippen LogP contribution in [0.4, 0.5) is 0 Å². The van der Waals surface area contributed by atoms with E-state index in [-0.39, 0.29) is 11.3 Å². The van der Waals surface area contributed by atoms with Crippen LogP contribution >= 0.6 is 11.6 Å². The minimum absolute atomic E-state index is 0.0806. The summed E-state index contributed by atoms with van der Waals surface area (Å²) in [7, 11) is 1.47. The van der Waals surface area contributed by atoms with E-state index in [1.165, 1.54) is 12.0 Å². The van der Waals surface area contributed by atoms with E-state index < -0.39 is 17.7 Å². The second kappa shape index (κ2) is 8.70. The van der Waals surface area contributed by atoms with E-state index in [1.807, 2.05) is 31.2 Å². The van der Waals surface area contributed by atoms with Crippen LogP contribution in [0.25, 0.3) is 5.76 Å². The minimum atomic E-state index is -0.686. The van der Waals surface area contributed by atoms with Gasteiger partial charge in [-0.1, -0.05) is 49.7 Å². The maximum atomic E-state index is 12.9. The van der Waals surface area contributed by atoms with Gasteiger partial charge in [0.1, 0.15) is 11.5 Å². The molecule has 3 rings (SSSR count). The first kappa shape index (κ1) is 20.9. The Morgan fingerprint density at radius 3 is 2.41 bits per heavy atom. The van der Waals surface area contributed by atoms with Gasteiger partial charge >= 0.3 is 0 Å². The monoisotopic (exact) mass is 413 g/mol. The zero-order valence-corrected chi connectivity index (χ0v) is 17.5. The third-order valence-corrected chi connectivity index (χ3v) is 5.44. The van der Waals surface area contributed by atoms with E-state index in [1.54, 1.807) is 18.2 Å². The molecule has 1 unspecified atom stereocenters. The van der Waals surface area contributed by atoms with Gasteiger partial charge in [-0.3, -0.25) is 9.59 Å². The molecule has 29 heavy (non-hydrogen) atoms. The molecule has 1 saturated heterocycles. The summed E-state index contributed by atoms with van der Waals surface area (Å²) in [6, 6.07) is 11.9. The Morgan fingerprint density at radius 2 is 1.83 bits per heavy atom. The summed E-state index contributed by atoms with van der Waals surface area (Å²) in [6.45, 7) is 4.43. The lowest BCUT2D eigenvalue weighted by molar-refractivity contribution is -0.139. The fraction of sp³-hybridized carbons (Fsp3) is 0.304. The normalized spacial score (nSPS) is 18.3. The zero-order valence-electron chi connectivity index (χ0n) is 16.7. The van der Waals surface area contributed by atoms with Gasteiger partial charge in [0.05, 0.1) is 23.7 Å². The first-order valence-electron chi connectivity index (χ1n) is 9.64. The van der Waals surface area contributed by atoms with Crippen molar-refractivity contribution < 1.29 is 19.4 Å². The number of Topliss-reactive ketones (excluding diaryl/α,β-unsaturated/α-hetero) is 1. The van der Waals surface area contributed by atoms with Gasteiger partial charge in [0, 0.05) is 12.1 Å². The van der Waals surface area contributed by atoms with E-state index in [0.717, 1.165) is 17.5 Å². The first-order chi connectivity index (χ1) is 13.9. The summed E-state index contributed by atoms with van der Waals surface area (Å²) < 4.78 is 5.22. The molecule has 1 atom stereocenters. The molecule has 0 saturated carbocycles. The summed E-state index contributed by atoms with van der Waals surface area (Å²) in [5.41, 5.74) is 2.40. The molecule has 5 nitrogen and oxygen atoms in total. The van der Waals surface area contributed by atoms with Crippen LogP contribution in [0.2, 0.25) is 5.02 Å². The van der Waals surface area contributed by atoms with Crippen molar-refractivity contribution in [2.24, 2.45) is 0 Å². The number of amides is 1. The van der Waals surface area contributed by atoms with Crippen molar-refractivity contribution in [3.8, 4) is 5.75 Å². The molecule has 2 aromatic rings. The van der Waals surface area contributed by atoms with Crippen LogP contribution in [0.15, 0.2) is 48.0 Å². The number of carbonyl (C=O) groups excluding carboxylic acids is 2. The van der Waals surface area contributed by atoms with Crippen molar-refractivity contribution in [3.63, 3.8) is 0 Å². The number of benzene rings is 2. The number of rotatable bonds is 6. The van der Waals surface area contributed by atoms with Crippen LogP contribution in [0.1, 0.15) is 43.0 Å². The number of ether oxygens (including phenoxy) is 1. The maximum Gasteiger partial charge on any atom is 0.295 e. The summed E-state index contributed by atoms with van der Waals surface area (Å²) in [5, 5.41) is 11.4. The number of aliphatic hydroxyl groups excluding tert-OH is 1. The first-order valence-corrected chi connectivity index (χ1v) is 10.0. The molecule has 6 heteroatoms. The van der Waals surface area contributed by atoms with Gasteiger partial charge in [-0.2, -0.15) is 0 Å². The number of carbonyl (C=O) groups is 2. The molecule has 1 aliphatic heterocycles. The largest absolute Gasteiger partial charge is 0.507 e. The summed E-state index contributed by atoms with van der Waals surface area (Å²) >= 11 is 6.08. The van der Waals surface area contributed by atoms with E-state index in [4.69, 9.17) is 16.3 Å². The number of ketones is 1. The molecule has 0 aliphatic carbocycles. The molecule has 2 aromatic carbocycles. The Kier molecular flexibility index (Phi) is 6.28. The minimum Gasteiger partial charge on any atom is -0.507 e. The smallest absolute Gasteiger partial charge is 0.295 e. The Hall–Kier alpha value is -2.79. The van der Waals surface area contributed by atoms with Crippen molar-refractivity contribution in [1.29, 1.82) is 0 Å². The van der Waals surface area contributed by atoms with Crippen molar-refractivity contribution in [2.45, 2.75) is 32.7 Å². The van der Waals surface area contributed by atoms with Crippen LogP contribution < -0.4 is 4.74 Å². The summed E-state index contributed by atoms with van der Waals surface area (Å²) in [4.78, 5) is 27.1. The molecule has 0 radical (unpaired) electrons. The average molecular weight is 414 g/mol. The number of methoxy groups -OCH3 is 1.